The van der Waals surface area contributed by atoms with E-state index in [0.717, 1.165) is 6.07 Å². The van der Waals surface area contributed by atoms with E-state index < -0.39 is 5.95 Å². The van der Waals surface area contributed by atoms with Gasteiger partial charge in [0.05, 0.1) is 12.2 Å². The maximum Gasteiger partial charge on any atom is 0.257 e. The molecule has 92 valence electrons. The molecule has 1 amide bonds. The van der Waals surface area contributed by atoms with Gasteiger partial charge in [-0.1, -0.05) is 12.1 Å². The number of carbonyl (C=O) groups excluding carboxylic acids is 1. The molecular weight excluding hydrogens is 235 g/mol. The Bertz CT molecular complexity index is 555. The van der Waals surface area contributed by atoms with Crippen LogP contribution in [0, 0.1) is 5.95 Å². The summed E-state index contributed by atoms with van der Waals surface area (Å²) in [6.07, 6.45) is 1.17. The van der Waals surface area contributed by atoms with E-state index in [-0.39, 0.29) is 18.1 Å². The van der Waals surface area contributed by atoms with Crippen molar-refractivity contribution in [3.63, 3.8) is 0 Å². The Hall–Kier alpha value is -2.27. The van der Waals surface area contributed by atoms with Crippen LogP contribution < -0.4 is 5.32 Å². The molecule has 0 aliphatic heterocycles. The van der Waals surface area contributed by atoms with Gasteiger partial charge in [0, 0.05) is 11.9 Å². The Labute approximate surface area is 103 Å². The van der Waals surface area contributed by atoms with Crippen LogP contribution in [0.4, 0.5) is 10.1 Å². The van der Waals surface area contributed by atoms with Gasteiger partial charge in [-0.15, -0.1) is 0 Å². The molecule has 2 N–H and O–H groups in total. The summed E-state index contributed by atoms with van der Waals surface area (Å²) in [6, 6.07) is 9.31. The fourth-order valence-electron chi connectivity index (χ4n) is 1.46. The molecule has 1 heterocycles. The van der Waals surface area contributed by atoms with E-state index in [1.807, 2.05) is 0 Å². The standard InChI is InChI=1S/C13H11FN2O2/c14-12-5-4-10(7-15-12)13(18)16-11-3-1-2-9(6-11)8-17/h1-7,17H,8H2,(H,16,18). The number of hydrogen-bond acceptors (Lipinski definition) is 3. The van der Waals surface area contributed by atoms with Gasteiger partial charge in [0.15, 0.2) is 0 Å². The molecule has 0 unspecified atom stereocenters. The normalized spacial score (nSPS) is 10.1. The number of rotatable bonds is 3. The average Bonchev–Trinajstić information content (AvgIpc) is 2.39. The molecule has 0 saturated carbocycles. The predicted molar refractivity (Wildman–Crippen MR) is 64.5 cm³/mol. The maximum absolute atomic E-state index is 12.6. The second-order valence-corrected chi connectivity index (χ2v) is 3.68. The Balaban J connectivity index is 2.13. The molecule has 2 aromatic rings. The third kappa shape index (κ3) is 2.89. The van der Waals surface area contributed by atoms with Gasteiger partial charge in [-0.05, 0) is 29.8 Å². The lowest BCUT2D eigenvalue weighted by Gasteiger charge is -2.06. The number of aliphatic hydroxyl groups excluding tert-OH is 1. The van der Waals surface area contributed by atoms with Crippen molar-refractivity contribution in [1.82, 2.24) is 4.98 Å². The lowest BCUT2D eigenvalue weighted by molar-refractivity contribution is 0.102. The van der Waals surface area contributed by atoms with Crippen LogP contribution in [-0.4, -0.2) is 16.0 Å². The number of aromatic nitrogens is 1. The summed E-state index contributed by atoms with van der Waals surface area (Å²) in [5.41, 5.74) is 1.53. The molecule has 0 saturated heterocycles. The summed E-state index contributed by atoms with van der Waals surface area (Å²) in [5.74, 6) is -1.01. The van der Waals surface area contributed by atoms with Crippen molar-refractivity contribution >= 4 is 11.6 Å². The highest BCUT2D eigenvalue weighted by molar-refractivity contribution is 6.04. The number of hydrogen-bond donors (Lipinski definition) is 2. The lowest BCUT2D eigenvalue weighted by Crippen LogP contribution is -2.12. The highest BCUT2D eigenvalue weighted by atomic mass is 19.1. The van der Waals surface area contributed by atoms with Crippen LogP contribution in [0.25, 0.3) is 0 Å². The van der Waals surface area contributed by atoms with Crippen molar-refractivity contribution in [2.75, 3.05) is 5.32 Å². The van der Waals surface area contributed by atoms with Crippen LogP contribution >= 0.6 is 0 Å². The topological polar surface area (TPSA) is 62.2 Å². The van der Waals surface area contributed by atoms with Gasteiger partial charge in [-0.3, -0.25) is 4.79 Å². The van der Waals surface area contributed by atoms with Crippen LogP contribution in [0.5, 0.6) is 0 Å². The summed E-state index contributed by atoms with van der Waals surface area (Å²) in [7, 11) is 0. The summed E-state index contributed by atoms with van der Waals surface area (Å²) < 4.78 is 12.6. The SMILES string of the molecule is O=C(Nc1cccc(CO)c1)c1ccc(F)nc1. The van der Waals surface area contributed by atoms with Crippen LogP contribution in [0.2, 0.25) is 0 Å². The van der Waals surface area contributed by atoms with Crippen molar-refractivity contribution in [3.05, 3.63) is 59.7 Å². The number of benzene rings is 1. The van der Waals surface area contributed by atoms with E-state index in [1.54, 1.807) is 24.3 Å². The van der Waals surface area contributed by atoms with Gasteiger partial charge in [-0.25, -0.2) is 4.98 Å². The molecule has 18 heavy (non-hydrogen) atoms. The molecule has 1 aromatic heterocycles. The highest BCUT2D eigenvalue weighted by Crippen LogP contribution is 2.12. The number of pyridine rings is 1. The predicted octanol–water partition coefficient (Wildman–Crippen LogP) is 1.97. The molecule has 1 aromatic carbocycles. The number of amides is 1. The fourth-order valence-corrected chi connectivity index (χ4v) is 1.46. The smallest absolute Gasteiger partial charge is 0.257 e. The van der Waals surface area contributed by atoms with E-state index in [0.29, 0.717) is 11.3 Å². The first kappa shape index (κ1) is 12.2. The summed E-state index contributed by atoms with van der Waals surface area (Å²) >= 11 is 0. The van der Waals surface area contributed by atoms with Crippen LogP contribution in [-0.2, 0) is 6.61 Å². The zero-order chi connectivity index (χ0) is 13.0. The summed E-state index contributed by atoms with van der Waals surface area (Å²) in [4.78, 5) is 15.2. The van der Waals surface area contributed by atoms with Gasteiger partial charge in [0.1, 0.15) is 0 Å². The maximum atomic E-state index is 12.6. The van der Waals surface area contributed by atoms with Crippen molar-refractivity contribution in [1.29, 1.82) is 0 Å². The summed E-state index contributed by atoms with van der Waals surface area (Å²) in [5, 5.41) is 11.6. The number of aliphatic hydroxyl groups is 1. The molecule has 0 radical (unpaired) electrons. The van der Waals surface area contributed by atoms with Crippen LogP contribution in [0.15, 0.2) is 42.6 Å². The minimum absolute atomic E-state index is 0.0954. The number of halogens is 1. The van der Waals surface area contributed by atoms with Crippen molar-refractivity contribution in [2.45, 2.75) is 6.61 Å². The zero-order valence-electron chi connectivity index (χ0n) is 9.43. The highest BCUT2D eigenvalue weighted by Gasteiger charge is 2.06. The number of anilines is 1. The van der Waals surface area contributed by atoms with Gasteiger partial charge in [-0.2, -0.15) is 4.39 Å². The number of nitrogens with one attached hydrogen (secondary N) is 1. The minimum Gasteiger partial charge on any atom is -0.392 e. The Morgan fingerprint density at radius 1 is 1.33 bits per heavy atom. The second kappa shape index (κ2) is 5.37. The first-order chi connectivity index (χ1) is 8.69. The van der Waals surface area contributed by atoms with Crippen molar-refractivity contribution < 1.29 is 14.3 Å². The van der Waals surface area contributed by atoms with Gasteiger partial charge < -0.3 is 10.4 Å². The van der Waals surface area contributed by atoms with Gasteiger partial charge in [0.25, 0.3) is 5.91 Å². The Kier molecular flexibility index (Phi) is 3.64. The molecule has 4 nitrogen and oxygen atoms in total. The molecule has 0 spiro atoms. The third-order valence-corrected chi connectivity index (χ3v) is 2.36. The zero-order valence-corrected chi connectivity index (χ0v) is 9.43. The molecule has 0 atom stereocenters. The van der Waals surface area contributed by atoms with Gasteiger partial charge >= 0.3 is 0 Å². The second-order valence-electron chi connectivity index (χ2n) is 3.68. The fraction of sp³-hybridized carbons (Fsp3) is 0.0769. The molecule has 0 aliphatic carbocycles. The van der Waals surface area contributed by atoms with Crippen LogP contribution in [0.1, 0.15) is 15.9 Å². The third-order valence-electron chi connectivity index (χ3n) is 2.36. The first-order valence-corrected chi connectivity index (χ1v) is 5.32. The molecule has 2 rings (SSSR count). The number of nitrogens with zero attached hydrogens (tertiary/aromatic N) is 1. The van der Waals surface area contributed by atoms with Crippen molar-refractivity contribution in [3.8, 4) is 0 Å². The van der Waals surface area contributed by atoms with Gasteiger partial charge in [0.2, 0.25) is 5.95 Å². The first-order valence-electron chi connectivity index (χ1n) is 5.32. The molecule has 0 fully saturated rings. The average molecular weight is 246 g/mol. The van der Waals surface area contributed by atoms with E-state index in [1.165, 1.54) is 12.3 Å². The van der Waals surface area contributed by atoms with Crippen molar-refractivity contribution in [2.24, 2.45) is 0 Å². The van der Waals surface area contributed by atoms with E-state index in [9.17, 15) is 9.18 Å². The molecule has 0 aliphatic rings. The van der Waals surface area contributed by atoms with E-state index in [4.69, 9.17) is 5.11 Å². The molecular formula is C13H11FN2O2. The Morgan fingerprint density at radius 2 is 2.17 bits per heavy atom. The largest absolute Gasteiger partial charge is 0.392 e. The Morgan fingerprint density at radius 3 is 2.83 bits per heavy atom. The minimum atomic E-state index is -0.631. The van der Waals surface area contributed by atoms with Crippen LogP contribution in [0.3, 0.4) is 0 Å². The monoisotopic (exact) mass is 246 g/mol. The van der Waals surface area contributed by atoms with E-state index in [2.05, 4.69) is 10.3 Å². The number of carbonyl (C=O) groups is 1. The molecule has 0 bridgehead atoms. The van der Waals surface area contributed by atoms with E-state index >= 15 is 0 Å². The quantitative estimate of drug-likeness (QED) is 0.814. The molecule has 5 heteroatoms. The lowest BCUT2D eigenvalue weighted by atomic mass is 10.2. The summed E-state index contributed by atoms with van der Waals surface area (Å²) in [6.45, 7) is -0.0954.